The number of rotatable bonds is 17. The first-order valence-corrected chi connectivity index (χ1v) is 13.8. The van der Waals surface area contributed by atoms with Gasteiger partial charge in [0.15, 0.2) is 0 Å². The summed E-state index contributed by atoms with van der Waals surface area (Å²) in [6.45, 7) is 6.32. The fourth-order valence-corrected chi connectivity index (χ4v) is 5.28. The second-order valence-electron chi connectivity index (χ2n) is 9.27. The van der Waals surface area contributed by atoms with Gasteiger partial charge in [-0.15, -0.1) is 0 Å². The van der Waals surface area contributed by atoms with Crippen LogP contribution in [-0.2, 0) is 19.1 Å². The molecule has 0 heterocycles. The molecule has 0 amide bonds. The molecule has 0 bridgehead atoms. The Morgan fingerprint density at radius 3 is 2.52 bits per heavy atom. The Hall–Kier alpha value is -0.720. The van der Waals surface area contributed by atoms with E-state index in [1.54, 1.807) is 0 Å². The fourth-order valence-electron chi connectivity index (χ4n) is 4.32. The molecule has 178 valence electrons. The Labute approximate surface area is 203 Å². The van der Waals surface area contributed by atoms with E-state index < -0.39 is 0 Å². The van der Waals surface area contributed by atoms with Crippen molar-refractivity contribution in [1.82, 2.24) is 0 Å². The number of Topliss-reactive ketones (excluding diaryl/α,β-unsaturated/α-hetero) is 2. The summed E-state index contributed by atoms with van der Waals surface area (Å²) >= 11 is 2.39. The summed E-state index contributed by atoms with van der Waals surface area (Å²) < 4.78 is 6.17. The highest BCUT2D eigenvalue weighted by Gasteiger charge is 2.40. The fraction of sp³-hybridized carbons (Fsp3) is 0.808. The molecule has 0 N–H and O–H groups in total. The predicted octanol–water partition coefficient (Wildman–Crippen LogP) is 6.88. The first-order valence-electron chi connectivity index (χ1n) is 12.3. The van der Waals surface area contributed by atoms with Crippen LogP contribution in [0.1, 0.15) is 97.8 Å². The molecule has 4 nitrogen and oxygen atoms in total. The number of hydrogen-bond donors (Lipinski definition) is 0. The lowest BCUT2D eigenvalue weighted by Gasteiger charge is -2.21. The number of ketones is 2. The maximum absolute atomic E-state index is 12.6. The largest absolute Gasteiger partial charge is 0.465 e. The predicted molar refractivity (Wildman–Crippen MR) is 135 cm³/mol. The van der Waals surface area contributed by atoms with Crippen molar-refractivity contribution in [2.45, 2.75) is 97.8 Å². The topological polar surface area (TPSA) is 60.4 Å². The quantitative estimate of drug-likeness (QED) is 0.0656. The molecule has 0 aliphatic heterocycles. The molecule has 0 aromatic heterocycles. The van der Waals surface area contributed by atoms with E-state index in [0.717, 1.165) is 43.0 Å². The summed E-state index contributed by atoms with van der Waals surface area (Å²) in [7, 11) is 0. The molecule has 1 rings (SSSR count). The van der Waals surface area contributed by atoms with Gasteiger partial charge in [-0.1, -0.05) is 81.2 Å². The molecule has 0 aromatic rings. The van der Waals surface area contributed by atoms with Gasteiger partial charge in [-0.25, -0.2) is 0 Å². The van der Waals surface area contributed by atoms with E-state index >= 15 is 0 Å². The number of allylic oxidation sites excluding steroid dienone is 2. The van der Waals surface area contributed by atoms with Crippen molar-refractivity contribution in [1.29, 1.82) is 0 Å². The summed E-state index contributed by atoms with van der Waals surface area (Å²) in [6, 6.07) is 0. The third-order valence-electron chi connectivity index (χ3n) is 6.30. The molecule has 1 aliphatic rings. The number of hydrogen-bond acceptors (Lipinski definition) is 4. The van der Waals surface area contributed by atoms with Crippen LogP contribution < -0.4 is 0 Å². The van der Waals surface area contributed by atoms with E-state index in [1.807, 2.05) is 13.8 Å². The molecule has 0 radical (unpaired) electrons. The Bertz CT molecular complexity index is 570. The average molecular weight is 547 g/mol. The van der Waals surface area contributed by atoms with Crippen LogP contribution in [-0.4, -0.2) is 28.6 Å². The van der Waals surface area contributed by atoms with Gasteiger partial charge in [-0.05, 0) is 43.9 Å². The van der Waals surface area contributed by atoms with Crippen LogP contribution in [0.15, 0.2) is 12.2 Å². The van der Waals surface area contributed by atoms with Crippen molar-refractivity contribution in [3.8, 4) is 0 Å². The Kier molecular flexibility index (Phi) is 15.4. The second kappa shape index (κ2) is 16.8. The zero-order chi connectivity index (χ0) is 23.1. The van der Waals surface area contributed by atoms with Crippen molar-refractivity contribution >= 4 is 40.1 Å². The molecule has 31 heavy (non-hydrogen) atoms. The van der Waals surface area contributed by atoms with Gasteiger partial charge < -0.3 is 4.74 Å². The van der Waals surface area contributed by atoms with E-state index in [9.17, 15) is 14.4 Å². The SMILES string of the molecule is CCCCCCCC(=O)CC[C@@H]1C(CC=CCCCOC(=O)C(C)C)C(=O)C[C@H]1CI. The van der Waals surface area contributed by atoms with Crippen LogP contribution in [0, 0.1) is 23.7 Å². The van der Waals surface area contributed by atoms with E-state index in [1.165, 1.54) is 19.3 Å². The molecule has 0 aromatic carbocycles. The summed E-state index contributed by atoms with van der Waals surface area (Å²) in [6.07, 6.45) is 15.4. The summed E-state index contributed by atoms with van der Waals surface area (Å²) in [4.78, 5) is 36.4. The molecule has 0 saturated heterocycles. The number of alkyl halides is 1. The van der Waals surface area contributed by atoms with Crippen LogP contribution in [0.2, 0.25) is 0 Å². The highest BCUT2D eigenvalue weighted by molar-refractivity contribution is 14.1. The lowest BCUT2D eigenvalue weighted by atomic mass is 9.83. The van der Waals surface area contributed by atoms with Gasteiger partial charge in [-0.2, -0.15) is 0 Å². The number of halogens is 1. The van der Waals surface area contributed by atoms with Gasteiger partial charge in [0.2, 0.25) is 0 Å². The molecule has 1 unspecified atom stereocenters. The Morgan fingerprint density at radius 1 is 1.10 bits per heavy atom. The van der Waals surface area contributed by atoms with Gasteiger partial charge in [0, 0.05) is 29.6 Å². The van der Waals surface area contributed by atoms with Gasteiger partial charge in [0.05, 0.1) is 12.5 Å². The second-order valence-corrected chi connectivity index (χ2v) is 10.1. The smallest absolute Gasteiger partial charge is 0.308 e. The van der Waals surface area contributed by atoms with Crippen LogP contribution in [0.4, 0.5) is 0 Å². The van der Waals surface area contributed by atoms with Crippen molar-refractivity contribution < 1.29 is 19.1 Å². The van der Waals surface area contributed by atoms with E-state index in [0.29, 0.717) is 49.3 Å². The molecule has 3 atom stereocenters. The van der Waals surface area contributed by atoms with Crippen molar-refractivity contribution in [3.63, 3.8) is 0 Å². The van der Waals surface area contributed by atoms with Gasteiger partial charge in [-0.3, -0.25) is 14.4 Å². The number of carbonyl (C=O) groups is 3. The highest BCUT2D eigenvalue weighted by Crippen LogP contribution is 2.40. The number of esters is 1. The zero-order valence-corrected chi connectivity index (χ0v) is 22.0. The zero-order valence-electron chi connectivity index (χ0n) is 19.9. The van der Waals surface area contributed by atoms with Gasteiger partial charge in [0.1, 0.15) is 11.6 Å². The minimum atomic E-state index is -0.149. The van der Waals surface area contributed by atoms with Crippen LogP contribution in [0.25, 0.3) is 0 Å². The van der Waals surface area contributed by atoms with E-state index in [-0.39, 0.29) is 17.8 Å². The minimum absolute atomic E-state index is 0.0622. The number of carbonyl (C=O) groups excluding carboxylic acids is 3. The Morgan fingerprint density at radius 2 is 1.84 bits per heavy atom. The van der Waals surface area contributed by atoms with Crippen molar-refractivity contribution in [2.24, 2.45) is 23.7 Å². The van der Waals surface area contributed by atoms with Crippen LogP contribution >= 0.6 is 22.6 Å². The van der Waals surface area contributed by atoms with E-state index in [2.05, 4.69) is 41.7 Å². The minimum Gasteiger partial charge on any atom is -0.465 e. The lowest BCUT2D eigenvalue weighted by molar-refractivity contribution is -0.147. The monoisotopic (exact) mass is 546 g/mol. The van der Waals surface area contributed by atoms with Crippen molar-refractivity contribution in [2.75, 3.05) is 11.0 Å². The summed E-state index contributed by atoms with van der Waals surface area (Å²) in [5.41, 5.74) is 0. The first kappa shape index (κ1) is 28.3. The van der Waals surface area contributed by atoms with Gasteiger partial charge >= 0.3 is 5.97 Å². The third kappa shape index (κ3) is 11.6. The normalized spacial score (nSPS) is 21.3. The average Bonchev–Trinajstić information content (AvgIpc) is 3.05. The maximum atomic E-state index is 12.6. The number of unbranched alkanes of at least 4 members (excludes halogenated alkanes) is 5. The maximum Gasteiger partial charge on any atom is 0.308 e. The van der Waals surface area contributed by atoms with E-state index in [4.69, 9.17) is 4.74 Å². The molecule has 1 aliphatic carbocycles. The molecular weight excluding hydrogens is 503 g/mol. The van der Waals surface area contributed by atoms with Crippen molar-refractivity contribution in [3.05, 3.63) is 12.2 Å². The first-order chi connectivity index (χ1) is 14.9. The molecule has 1 fully saturated rings. The highest BCUT2D eigenvalue weighted by atomic mass is 127. The lowest BCUT2D eigenvalue weighted by Crippen LogP contribution is -2.19. The molecule has 0 spiro atoms. The summed E-state index contributed by atoms with van der Waals surface area (Å²) in [5, 5.41) is 0. The summed E-state index contributed by atoms with van der Waals surface area (Å²) in [5.74, 6) is 1.32. The van der Waals surface area contributed by atoms with Gasteiger partial charge in [0.25, 0.3) is 0 Å². The van der Waals surface area contributed by atoms with Crippen LogP contribution in [0.5, 0.6) is 0 Å². The molecule has 5 heteroatoms. The number of ether oxygens (including phenoxy) is 1. The molecular formula is C26H43IO4. The standard InChI is InChI=1S/C26H43IO4/c1-4-5-6-7-10-13-22(28)15-16-23-21(19-27)18-25(29)24(23)14-11-8-9-12-17-31-26(30)20(2)3/h8,11,20-21,23-24H,4-7,9-10,12-19H2,1-3H3/t21-,23-,24?/m0/s1. The van der Waals surface area contributed by atoms with Crippen LogP contribution in [0.3, 0.4) is 0 Å². The Balaban J connectivity index is 2.37. The third-order valence-corrected chi connectivity index (χ3v) is 7.43. The molecule has 1 saturated carbocycles.